The predicted molar refractivity (Wildman–Crippen MR) is 97.0 cm³/mol. The van der Waals surface area contributed by atoms with Crippen LogP contribution < -0.4 is 16.0 Å². The molecule has 1 atom stereocenters. The summed E-state index contributed by atoms with van der Waals surface area (Å²) in [6.45, 7) is 9.55. The molecule has 6 nitrogen and oxygen atoms in total. The lowest BCUT2D eigenvalue weighted by atomic mass is 10.0. The summed E-state index contributed by atoms with van der Waals surface area (Å²) in [5.74, 6) is 0. The summed E-state index contributed by atoms with van der Waals surface area (Å²) in [5.41, 5.74) is 1.68. The second-order valence-corrected chi connectivity index (χ2v) is 6.55. The van der Waals surface area contributed by atoms with Gasteiger partial charge in [0.2, 0.25) is 0 Å². The van der Waals surface area contributed by atoms with Crippen LogP contribution in [0.4, 0.5) is 10.5 Å². The first kappa shape index (κ1) is 18.0. The molecule has 3 N–H and O–H groups in total. The third kappa shape index (κ3) is 5.38. The lowest BCUT2D eigenvalue weighted by Crippen LogP contribution is -2.50. The Labute approximate surface area is 143 Å². The van der Waals surface area contributed by atoms with Crippen molar-refractivity contribution in [3.05, 3.63) is 48.3 Å². The van der Waals surface area contributed by atoms with Crippen molar-refractivity contribution < 1.29 is 4.79 Å². The van der Waals surface area contributed by atoms with E-state index in [1.807, 2.05) is 25.1 Å². The third-order valence-electron chi connectivity index (χ3n) is 3.81. The Hall–Kier alpha value is -2.34. The highest BCUT2D eigenvalue weighted by Crippen LogP contribution is 2.15. The maximum Gasteiger partial charge on any atom is 0.319 e. The van der Waals surface area contributed by atoms with E-state index in [9.17, 15) is 4.79 Å². The monoisotopic (exact) mass is 329 g/mol. The van der Waals surface area contributed by atoms with Crippen LogP contribution in [-0.4, -0.2) is 27.9 Å². The van der Waals surface area contributed by atoms with Gasteiger partial charge in [0, 0.05) is 30.9 Å². The number of carbonyl (C=O) groups excluding carboxylic acids is 1. The number of hydrogen-bond acceptors (Lipinski definition) is 3. The van der Waals surface area contributed by atoms with Crippen LogP contribution in [-0.2, 0) is 6.54 Å². The van der Waals surface area contributed by atoms with Crippen molar-refractivity contribution in [1.82, 2.24) is 20.4 Å². The minimum atomic E-state index is -0.236. The number of hydrogen-bond donors (Lipinski definition) is 3. The summed E-state index contributed by atoms with van der Waals surface area (Å²) in [4.78, 5) is 12.0. The summed E-state index contributed by atoms with van der Waals surface area (Å²) >= 11 is 0. The quantitative estimate of drug-likeness (QED) is 0.731. The topological polar surface area (TPSA) is 71.0 Å². The van der Waals surface area contributed by atoms with Crippen molar-refractivity contribution in [1.29, 1.82) is 0 Å². The van der Waals surface area contributed by atoms with Crippen molar-refractivity contribution in [3.63, 3.8) is 0 Å². The molecular formula is C18H27N5O. The maximum absolute atomic E-state index is 12.0. The summed E-state index contributed by atoms with van der Waals surface area (Å²) < 4.78 is 1.77. The molecule has 0 saturated heterocycles. The molecule has 1 aromatic heterocycles. The third-order valence-corrected chi connectivity index (χ3v) is 3.81. The van der Waals surface area contributed by atoms with Crippen molar-refractivity contribution >= 4 is 11.7 Å². The van der Waals surface area contributed by atoms with Gasteiger partial charge in [-0.25, -0.2) is 4.79 Å². The van der Waals surface area contributed by atoms with Crippen LogP contribution >= 0.6 is 0 Å². The highest BCUT2D eigenvalue weighted by Gasteiger charge is 2.21. The van der Waals surface area contributed by atoms with Gasteiger partial charge in [0.15, 0.2) is 0 Å². The SMILES string of the molecule is CCn1cc(NC(=O)NCC(C)(C)N[C@@H](C)c2ccccc2)cn1. The first-order chi connectivity index (χ1) is 11.4. The summed E-state index contributed by atoms with van der Waals surface area (Å²) in [5, 5.41) is 13.4. The van der Waals surface area contributed by atoms with E-state index in [0.717, 1.165) is 6.54 Å². The molecule has 6 heteroatoms. The number of aromatic nitrogens is 2. The fraction of sp³-hybridized carbons (Fsp3) is 0.444. The molecule has 1 aromatic carbocycles. The smallest absolute Gasteiger partial charge is 0.319 e. The van der Waals surface area contributed by atoms with Crippen LogP contribution in [0.2, 0.25) is 0 Å². The van der Waals surface area contributed by atoms with Gasteiger partial charge in [-0.3, -0.25) is 4.68 Å². The van der Waals surface area contributed by atoms with E-state index >= 15 is 0 Å². The molecule has 24 heavy (non-hydrogen) atoms. The molecule has 0 radical (unpaired) electrons. The minimum Gasteiger partial charge on any atom is -0.336 e. The first-order valence-electron chi connectivity index (χ1n) is 8.29. The van der Waals surface area contributed by atoms with E-state index in [0.29, 0.717) is 12.2 Å². The molecule has 0 fully saturated rings. The van der Waals surface area contributed by atoms with Gasteiger partial charge in [-0.15, -0.1) is 0 Å². The van der Waals surface area contributed by atoms with Crippen molar-refractivity contribution in [2.45, 2.75) is 45.8 Å². The average molecular weight is 329 g/mol. The molecule has 0 saturated carbocycles. The van der Waals surface area contributed by atoms with Crippen LogP contribution in [0.25, 0.3) is 0 Å². The molecule has 130 valence electrons. The number of nitrogens with zero attached hydrogens (tertiary/aromatic N) is 2. The van der Waals surface area contributed by atoms with Crippen LogP contribution in [0, 0.1) is 0 Å². The van der Waals surface area contributed by atoms with Gasteiger partial charge in [0.25, 0.3) is 0 Å². The van der Waals surface area contributed by atoms with Crippen LogP contribution in [0.1, 0.15) is 39.3 Å². The standard InChI is InChI=1S/C18H27N5O/c1-5-23-12-16(11-20-23)21-17(24)19-13-18(3,4)22-14(2)15-9-7-6-8-10-15/h6-12,14,22H,5,13H2,1-4H3,(H2,19,21,24)/t14-/m0/s1. The zero-order chi connectivity index (χ0) is 17.6. The van der Waals surface area contributed by atoms with E-state index in [4.69, 9.17) is 0 Å². The fourth-order valence-electron chi connectivity index (χ4n) is 2.54. The van der Waals surface area contributed by atoms with Gasteiger partial charge in [0.1, 0.15) is 0 Å². The average Bonchev–Trinajstić information content (AvgIpc) is 3.01. The molecule has 0 unspecified atom stereocenters. The Morgan fingerprint density at radius 1 is 1.29 bits per heavy atom. The number of carbonyl (C=O) groups is 1. The second-order valence-electron chi connectivity index (χ2n) is 6.55. The zero-order valence-electron chi connectivity index (χ0n) is 14.8. The van der Waals surface area contributed by atoms with E-state index < -0.39 is 0 Å². The van der Waals surface area contributed by atoms with Crippen LogP contribution in [0.15, 0.2) is 42.7 Å². The second kappa shape index (κ2) is 7.97. The maximum atomic E-state index is 12.0. The first-order valence-corrected chi connectivity index (χ1v) is 8.29. The Kier molecular flexibility index (Phi) is 5.98. The molecule has 2 aromatic rings. The molecule has 0 aliphatic heterocycles. The number of rotatable bonds is 7. The lowest BCUT2D eigenvalue weighted by Gasteiger charge is -2.30. The summed E-state index contributed by atoms with van der Waals surface area (Å²) in [6, 6.07) is 10.2. The molecule has 2 amide bonds. The largest absolute Gasteiger partial charge is 0.336 e. The van der Waals surface area contributed by atoms with Crippen LogP contribution in [0.5, 0.6) is 0 Å². The van der Waals surface area contributed by atoms with Gasteiger partial charge in [-0.2, -0.15) is 5.10 Å². The molecule has 1 heterocycles. The Morgan fingerprint density at radius 3 is 2.62 bits per heavy atom. The lowest BCUT2D eigenvalue weighted by molar-refractivity contribution is 0.246. The number of amides is 2. The molecule has 0 aliphatic rings. The molecule has 0 bridgehead atoms. The number of nitrogens with one attached hydrogen (secondary N) is 3. The van der Waals surface area contributed by atoms with Gasteiger partial charge < -0.3 is 16.0 Å². The number of anilines is 1. The van der Waals surface area contributed by atoms with Crippen molar-refractivity contribution in [2.75, 3.05) is 11.9 Å². The molecule has 0 aliphatic carbocycles. The van der Waals surface area contributed by atoms with E-state index in [1.165, 1.54) is 5.56 Å². The molecular weight excluding hydrogens is 302 g/mol. The number of urea groups is 1. The van der Waals surface area contributed by atoms with Crippen LogP contribution in [0.3, 0.4) is 0 Å². The van der Waals surface area contributed by atoms with E-state index in [-0.39, 0.29) is 17.6 Å². The predicted octanol–water partition coefficient (Wildman–Crippen LogP) is 3.15. The number of aryl methyl sites for hydroxylation is 1. The van der Waals surface area contributed by atoms with Gasteiger partial charge in [-0.1, -0.05) is 30.3 Å². The summed E-state index contributed by atoms with van der Waals surface area (Å²) in [6.07, 6.45) is 3.45. The van der Waals surface area contributed by atoms with Crippen molar-refractivity contribution in [3.8, 4) is 0 Å². The Morgan fingerprint density at radius 2 is 2.00 bits per heavy atom. The highest BCUT2D eigenvalue weighted by atomic mass is 16.2. The van der Waals surface area contributed by atoms with Gasteiger partial charge in [-0.05, 0) is 33.3 Å². The van der Waals surface area contributed by atoms with Gasteiger partial charge >= 0.3 is 6.03 Å². The number of benzene rings is 1. The Bertz CT molecular complexity index is 650. The Balaban J connectivity index is 1.81. The van der Waals surface area contributed by atoms with Crippen molar-refractivity contribution in [2.24, 2.45) is 0 Å². The summed E-state index contributed by atoms with van der Waals surface area (Å²) in [7, 11) is 0. The molecule has 2 rings (SSSR count). The highest BCUT2D eigenvalue weighted by molar-refractivity contribution is 5.88. The van der Waals surface area contributed by atoms with E-state index in [2.05, 4.69) is 54.0 Å². The zero-order valence-corrected chi connectivity index (χ0v) is 14.8. The molecule has 0 spiro atoms. The van der Waals surface area contributed by atoms with Gasteiger partial charge in [0.05, 0.1) is 11.9 Å². The fourth-order valence-corrected chi connectivity index (χ4v) is 2.54. The van der Waals surface area contributed by atoms with E-state index in [1.54, 1.807) is 17.1 Å². The normalized spacial score (nSPS) is 12.7. The minimum absolute atomic E-state index is 0.203.